The maximum atomic E-state index is 12.2. The van der Waals surface area contributed by atoms with E-state index in [9.17, 15) is 9.59 Å². The summed E-state index contributed by atoms with van der Waals surface area (Å²) in [6.45, 7) is 0. The fourth-order valence-electron chi connectivity index (χ4n) is 1.68. The maximum Gasteiger partial charge on any atom is 0.354 e. The van der Waals surface area contributed by atoms with Crippen LogP contribution in [0.3, 0.4) is 0 Å². The van der Waals surface area contributed by atoms with E-state index < -0.39 is 11.9 Å². The van der Waals surface area contributed by atoms with E-state index in [0.717, 1.165) is 0 Å². The highest BCUT2D eigenvalue weighted by atomic mass is 35.5. The number of hydrogen-bond donors (Lipinski definition) is 2. The van der Waals surface area contributed by atoms with Gasteiger partial charge in [-0.25, -0.2) is 9.78 Å². The van der Waals surface area contributed by atoms with Gasteiger partial charge in [-0.15, -0.1) is 0 Å². The molecule has 21 heavy (non-hydrogen) atoms. The molecule has 2 rings (SSSR count). The number of aromatic carboxylic acids is 1. The number of carboxylic acids is 1. The van der Waals surface area contributed by atoms with Crippen molar-refractivity contribution in [3.63, 3.8) is 0 Å². The van der Waals surface area contributed by atoms with Gasteiger partial charge in [-0.3, -0.25) is 4.79 Å². The molecule has 108 valence electrons. The predicted octanol–water partition coefficient (Wildman–Crippen LogP) is 2.69. The molecule has 0 fully saturated rings. The molecular formula is C14H11ClN2O4. The Kier molecular flexibility index (Phi) is 4.39. The lowest BCUT2D eigenvalue weighted by Gasteiger charge is -2.10. The Morgan fingerprint density at radius 2 is 2.05 bits per heavy atom. The van der Waals surface area contributed by atoms with Crippen LogP contribution in [0.1, 0.15) is 20.8 Å². The van der Waals surface area contributed by atoms with Crippen LogP contribution in [0.5, 0.6) is 5.75 Å². The first-order valence-corrected chi connectivity index (χ1v) is 6.23. The number of pyridine rings is 1. The number of nitrogens with one attached hydrogen (secondary N) is 1. The van der Waals surface area contributed by atoms with Crippen LogP contribution in [0.15, 0.2) is 36.5 Å². The quantitative estimate of drug-likeness (QED) is 0.906. The SMILES string of the molecule is COc1cc(Cl)ccc1C(=O)Nc1ccnc(C(=O)O)c1. The molecule has 0 aliphatic heterocycles. The monoisotopic (exact) mass is 306 g/mol. The lowest BCUT2D eigenvalue weighted by Crippen LogP contribution is -2.14. The first-order valence-electron chi connectivity index (χ1n) is 5.85. The highest BCUT2D eigenvalue weighted by Crippen LogP contribution is 2.24. The molecule has 0 spiro atoms. The first kappa shape index (κ1) is 14.8. The zero-order valence-corrected chi connectivity index (χ0v) is 11.7. The molecule has 0 saturated heterocycles. The summed E-state index contributed by atoms with van der Waals surface area (Å²) in [4.78, 5) is 26.7. The Labute approximate surface area is 125 Å². The first-order chi connectivity index (χ1) is 10.0. The van der Waals surface area contributed by atoms with Crippen molar-refractivity contribution >= 4 is 29.2 Å². The standard InChI is InChI=1S/C14H11ClN2O4/c1-21-12-6-8(15)2-3-10(12)13(18)17-9-4-5-16-11(7-9)14(19)20/h2-7H,1H3,(H,19,20)(H,16,17,18). The van der Waals surface area contributed by atoms with Gasteiger partial charge in [0.2, 0.25) is 0 Å². The number of carboxylic acid groups (broad SMARTS) is 1. The van der Waals surface area contributed by atoms with Gasteiger partial charge < -0.3 is 15.2 Å². The third-order valence-corrected chi connectivity index (χ3v) is 2.88. The number of carbonyl (C=O) groups excluding carboxylic acids is 1. The summed E-state index contributed by atoms with van der Waals surface area (Å²) in [5.41, 5.74) is 0.455. The number of hydrogen-bond acceptors (Lipinski definition) is 4. The smallest absolute Gasteiger partial charge is 0.354 e. The molecule has 0 unspecified atom stereocenters. The van der Waals surface area contributed by atoms with Crippen LogP contribution < -0.4 is 10.1 Å². The summed E-state index contributed by atoms with van der Waals surface area (Å²) in [5, 5.41) is 11.9. The molecule has 1 aromatic heterocycles. The van der Waals surface area contributed by atoms with Gasteiger partial charge in [0.05, 0.1) is 12.7 Å². The van der Waals surface area contributed by atoms with E-state index in [1.54, 1.807) is 6.07 Å². The molecule has 0 aliphatic rings. The third-order valence-electron chi connectivity index (χ3n) is 2.65. The van der Waals surface area contributed by atoms with Crippen molar-refractivity contribution in [2.45, 2.75) is 0 Å². The molecule has 1 heterocycles. The van der Waals surface area contributed by atoms with E-state index in [1.165, 1.54) is 37.6 Å². The van der Waals surface area contributed by atoms with E-state index in [2.05, 4.69) is 10.3 Å². The summed E-state index contributed by atoms with van der Waals surface area (Å²) in [5.74, 6) is -1.28. The van der Waals surface area contributed by atoms with Crippen molar-refractivity contribution in [2.24, 2.45) is 0 Å². The van der Waals surface area contributed by atoms with Crippen LogP contribution in [0.25, 0.3) is 0 Å². The van der Waals surface area contributed by atoms with Crippen LogP contribution in [-0.4, -0.2) is 29.1 Å². The van der Waals surface area contributed by atoms with Crippen molar-refractivity contribution in [3.05, 3.63) is 52.8 Å². The predicted molar refractivity (Wildman–Crippen MR) is 77.2 cm³/mol. The number of benzene rings is 1. The Hall–Kier alpha value is -2.60. The van der Waals surface area contributed by atoms with Crippen LogP contribution in [-0.2, 0) is 0 Å². The Morgan fingerprint density at radius 1 is 1.29 bits per heavy atom. The number of nitrogens with zero attached hydrogens (tertiary/aromatic N) is 1. The summed E-state index contributed by atoms with van der Waals surface area (Å²) in [7, 11) is 1.43. The summed E-state index contributed by atoms with van der Waals surface area (Å²) in [6.07, 6.45) is 1.30. The van der Waals surface area contributed by atoms with Gasteiger partial charge in [-0.1, -0.05) is 11.6 Å². The summed E-state index contributed by atoms with van der Waals surface area (Å²) in [6, 6.07) is 7.37. The minimum atomic E-state index is -1.17. The summed E-state index contributed by atoms with van der Waals surface area (Å²) < 4.78 is 5.10. The minimum absolute atomic E-state index is 0.157. The van der Waals surface area contributed by atoms with Crippen LogP contribution in [0, 0.1) is 0 Å². The number of rotatable bonds is 4. The van der Waals surface area contributed by atoms with E-state index in [-0.39, 0.29) is 11.3 Å². The Morgan fingerprint density at radius 3 is 2.71 bits per heavy atom. The van der Waals surface area contributed by atoms with Crippen molar-refractivity contribution in [1.29, 1.82) is 0 Å². The van der Waals surface area contributed by atoms with Crippen molar-refractivity contribution in [1.82, 2.24) is 4.98 Å². The molecule has 0 aliphatic carbocycles. The van der Waals surface area contributed by atoms with Gasteiger partial charge in [0.25, 0.3) is 5.91 Å². The van der Waals surface area contributed by atoms with E-state index in [4.69, 9.17) is 21.4 Å². The number of carbonyl (C=O) groups is 2. The number of aromatic nitrogens is 1. The normalized spacial score (nSPS) is 10.0. The zero-order chi connectivity index (χ0) is 15.4. The molecule has 0 saturated carbocycles. The Bertz CT molecular complexity index is 703. The number of anilines is 1. The highest BCUT2D eigenvalue weighted by molar-refractivity contribution is 6.31. The number of halogens is 1. The average Bonchev–Trinajstić information content (AvgIpc) is 2.47. The second-order valence-corrected chi connectivity index (χ2v) is 4.47. The van der Waals surface area contributed by atoms with Gasteiger partial charge in [0.1, 0.15) is 11.4 Å². The lowest BCUT2D eigenvalue weighted by molar-refractivity contribution is 0.0690. The van der Waals surface area contributed by atoms with Crippen LogP contribution in [0.4, 0.5) is 5.69 Å². The number of amides is 1. The fourth-order valence-corrected chi connectivity index (χ4v) is 1.84. The van der Waals surface area contributed by atoms with Crippen molar-refractivity contribution in [2.75, 3.05) is 12.4 Å². The van der Waals surface area contributed by atoms with Gasteiger partial charge in [-0.05, 0) is 30.3 Å². The molecule has 2 aromatic rings. The van der Waals surface area contributed by atoms with Crippen LogP contribution in [0.2, 0.25) is 5.02 Å². The molecule has 7 heteroatoms. The fraction of sp³-hybridized carbons (Fsp3) is 0.0714. The minimum Gasteiger partial charge on any atom is -0.496 e. The van der Waals surface area contributed by atoms with E-state index >= 15 is 0 Å². The molecule has 1 amide bonds. The van der Waals surface area contributed by atoms with Gasteiger partial charge in [-0.2, -0.15) is 0 Å². The molecule has 6 nitrogen and oxygen atoms in total. The lowest BCUT2D eigenvalue weighted by atomic mass is 10.2. The summed E-state index contributed by atoms with van der Waals surface area (Å²) >= 11 is 5.83. The van der Waals surface area contributed by atoms with Crippen molar-refractivity contribution in [3.8, 4) is 5.75 Å². The second kappa shape index (κ2) is 6.23. The molecule has 0 bridgehead atoms. The zero-order valence-electron chi connectivity index (χ0n) is 11.0. The molecule has 0 radical (unpaired) electrons. The number of ether oxygens (including phenoxy) is 1. The topological polar surface area (TPSA) is 88.5 Å². The maximum absolute atomic E-state index is 12.2. The second-order valence-electron chi connectivity index (χ2n) is 4.03. The molecule has 0 atom stereocenters. The van der Waals surface area contributed by atoms with E-state index in [1.807, 2.05) is 0 Å². The molecule has 2 N–H and O–H groups in total. The van der Waals surface area contributed by atoms with Gasteiger partial charge >= 0.3 is 5.97 Å². The average molecular weight is 307 g/mol. The molecular weight excluding hydrogens is 296 g/mol. The Balaban J connectivity index is 2.26. The largest absolute Gasteiger partial charge is 0.496 e. The van der Waals surface area contributed by atoms with Gasteiger partial charge in [0.15, 0.2) is 0 Å². The highest BCUT2D eigenvalue weighted by Gasteiger charge is 2.14. The van der Waals surface area contributed by atoms with Crippen LogP contribution >= 0.6 is 11.6 Å². The van der Waals surface area contributed by atoms with Gasteiger partial charge in [0, 0.05) is 16.9 Å². The third kappa shape index (κ3) is 3.49. The van der Waals surface area contributed by atoms with Crippen molar-refractivity contribution < 1.29 is 19.4 Å². The molecule has 1 aromatic carbocycles. The number of methoxy groups -OCH3 is 1. The van der Waals surface area contributed by atoms with E-state index in [0.29, 0.717) is 16.5 Å².